The highest BCUT2D eigenvalue weighted by atomic mass is 16.3. The molecule has 0 aromatic rings. The molecular formula is C61H99NO3. The first kappa shape index (κ1) is 61.3. The van der Waals surface area contributed by atoms with Gasteiger partial charge in [0.05, 0.1) is 18.8 Å². The van der Waals surface area contributed by atoms with Gasteiger partial charge in [0, 0.05) is 6.42 Å². The van der Waals surface area contributed by atoms with Crippen LogP contribution in [0.2, 0.25) is 0 Å². The third-order valence-corrected chi connectivity index (χ3v) is 11.1. The van der Waals surface area contributed by atoms with Crippen molar-refractivity contribution in [3.63, 3.8) is 0 Å². The van der Waals surface area contributed by atoms with Crippen molar-refractivity contribution in [1.82, 2.24) is 5.32 Å². The van der Waals surface area contributed by atoms with Gasteiger partial charge in [0.1, 0.15) is 0 Å². The van der Waals surface area contributed by atoms with E-state index in [9.17, 15) is 15.0 Å². The summed E-state index contributed by atoms with van der Waals surface area (Å²) < 4.78 is 0. The molecule has 2 unspecified atom stereocenters. The van der Waals surface area contributed by atoms with E-state index in [2.05, 4.69) is 165 Å². The summed E-state index contributed by atoms with van der Waals surface area (Å²) in [5.41, 5.74) is 0. The molecule has 0 aliphatic rings. The van der Waals surface area contributed by atoms with Crippen LogP contribution < -0.4 is 5.32 Å². The van der Waals surface area contributed by atoms with Gasteiger partial charge in [0.15, 0.2) is 0 Å². The first-order valence-electron chi connectivity index (χ1n) is 26.5. The smallest absolute Gasteiger partial charge is 0.220 e. The largest absolute Gasteiger partial charge is 0.394 e. The number of amides is 1. The number of carbonyl (C=O) groups is 1. The van der Waals surface area contributed by atoms with E-state index < -0.39 is 12.1 Å². The van der Waals surface area contributed by atoms with Crippen molar-refractivity contribution in [2.24, 2.45) is 0 Å². The molecule has 0 aliphatic carbocycles. The van der Waals surface area contributed by atoms with Gasteiger partial charge in [-0.1, -0.05) is 250 Å². The molecule has 0 heterocycles. The molecule has 0 bridgehead atoms. The van der Waals surface area contributed by atoms with E-state index in [1.807, 2.05) is 0 Å². The molecule has 0 radical (unpaired) electrons. The number of carbonyl (C=O) groups excluding carboxylic acids is 1. The number of hydrogen-bond acceptors (Lipinski definition) is 3. The van der Waals surface area contributed by atoms with Crippen LogP contribution in [0.4, 0.5) is 0 Å². The van der Waals surface area contributed by atoms with E-state index in [4.69, 9.17) is 0 Å². The summed E-state index contributed by atoms with van der Waals surface area (Å²) in [5.74, 6) is -0.0799. The molecule has 0 saturated heterocycles. The van der Waals surface area contributed by atoms with Gasteiger partial charge in [-0.05, 0) is 103 Å². The Labute approximate surface area is 402 Å². The highest BCUT2D eigenvalue weighted by Crippen LogP contribution is 2.15. The lowest BCUT2D eigenvalue weighted by molar-refractivity contribution is -0.123. The quantitative estimate of drug-likeness (QED) is 0.0421. The van der Waals surface area contributed by atoms with Gasteiger partial charge in [-0.2, -0.15) is 0 Å². The molecule has 2 atom stereocenters. The van der Waals surface area contributed by atoms with Crippen molar-refractivity contribution in [2.45, 2.75) is 225 Å². The summed E-state index contributed by atoms with van der Waals surface area (Å²) in [5, 5.41) is 23.2. The molecule has 4 heteroatoms. The molecule has 4 nitrogen and oxygen atoms in total. The van der Waals surface area contributed by atoms with Gasteiger partial charge >= 0.3 is 0 Å². The molecule has 0 spiro atoms. The van der Waals surface area contributed by atoms with Crippen molar-refractivity contribution in [3.8, 4) is 0 Å². The first-order valence-corrected chi connectivity index (χ1v) is 26.5. The minimum Gasteiger partial charge on any atom is -0.394 e. The van der Waals surface area contributed by atoms with Crippen LogP contribution in [0.5, 0.6) is 0 Å². The zero-order chi connectivity index (χ0) is 47.0. The predicted octanol–water partition coefficient (Wildman–Crippen LogP) is 17.6. The molecule has 0 fully saturated rings. The number of unbranched alkanes of at least 4 members (excludes halogenated alkanes) is 15. The van der Waals surface area contributed by atoms with Crippen LogP contribution in [-0.4, -0.2) is 34.9 Å². The maximum atomic E-state index is 12.4. The Balaban J connectivity index is 3.72. The van der Waals surface area contributed by atoms with Gasteiger partial charge in [-0.25, -0.2) is 0 Å². The fourth-order valence-electron chi connectivity index (χ4n) is 7.11. The third-order valence-electron chi connectivity index (χ3n) is 11.1. The molecule has 3 N–H and O–H groups in total. The molecule has 0 aliphatic heterocycles. The molecule has 65 heavy (non-hydrogen) atoms. The Hall–Kier alpha value is -3.73. The number of aliphatic hydroxyl groups is 2. The normalized spacial score (nSPS) is 14.1. The SMILES string of the molecule is CC/C=C\C/C=C\C/C=C\C/C=C\C/C=C\C/C=C\C/C=C\C/C=C\C/C=C\C/C=C\C/C=C\C/C=C\CCCCC(=O)NC(CO)C(O)CCCCCCCCCCCCCCCC. The summed E-state index contributed by atoms with van der Waals surface area (Å²) >= 11 is 0. The topological polar surface area (TPSA) is 69.6 Å². The molecule has 1 amide bonds. The van der Waals surface area contributed by atoms with E-state index in [1.165, 1.54) is 77.0 Å². The van der Waals surface area contributed by atoms with Crippen LogP contribution in [0, 0.1) is 0 Å². The van der Waals surface area contributed by atoms with Gasteiger partial charge in [0.2, 0.25) is 5.91 Å². The Morgan fingerprint density at radius 2 is 0.677 bits per heavy atom. The number of allylic oxidation sites excluding steroid dienone is 24. The van der Waals surface area contributed by atoms with Crippen LogP contribution in [0.1, 0.15) is 213 Å². The van der Waals surface area contributed by atoms with E-state index in [-0.39, 0.29) is 12.5 Å². The summed E-state index contributed by atoms with van der Waals surface area (Å²) in [6.45, 7) is 4.21. The van der Waals surface area contributed by atoms with Gasteiger partial charge < -0.3 is 15.5 Å². The Bertz CT molecular complexity index is 1380. The van der Waals surface area contributed by atoms with Gasteiger partial charge in [-0.15, -0.1) is 0 Å². The maximum absolute atomic E-state index is 12.4. The second-order valence-electron chi connectivity index (χ2n) is 17.2. The standard InChI is InChI=1S/C61H99NO3/c1-3-5-7-9-11-13-15-17-19-20-21-22-23-24-25-26-27-28-29-30-31-32-33-34-35-36-37-38-39-40-41-42-43-45-47-49-51-53-55-57-61(65)62-59(58-63)60(64)56-54-52-50-48-46-44-18-16-14-12-10-8-6-4-2/h5,7,11,13,17,19,21-22,24-25,27-28,30-31,33-34,36-37,39-40,42-43,47,49,59-60,63-64H,3-4,6,8-10,12,14-16,18,20,23,26,29,32,35,38,41,44-46,48,50-58H2,1-2H3,(H,62,65)/b7-5-,13-11-,19-17-,22-21-,25-24-,28-27-,31-30-,34-33-,37-36-,40-39-,43-42-,49-47-. The van der Waals surface area contributed by atoms with Crippen LogP contribution in [0.3, 0.4) is 0 Å². The minimum atomic E-state index is -0.688. The van der Waals surface area contributed by atoms with Crippen molar-refractivity contribution in [2.75, 3.05) is 6.61 Å². The number of aliphatic hydroxyl groups excluding tert-OH is 2. The highest BCUT2D eigenvalue weighted by molar-refractivity contribution is 5.76. The molecule has 0 aromatic heterocycles. The Morgan fingerprint density at radius 3 is 0.985 bits per heavy atom. The van der Waals surface area contributed by atoms with Crippen molar-refractivity contribution < 1.29 is 15.0 Å². The van der Waals surface area contributed by atoms with E-state index >= 15 is 0 Å². The third kappa shape index (κ3) is 51.1. The lowest BCUT2D eigenvalue weighted by atomic mass is 10.0. The summed E-state index contributed by atoms with van der Waals surface area (Å²) in [4.78, 5) is 12.4. The van der Waals surface area contributed by atoms with Crippen LogP contribution in [0.15, 0.2) is 146 Å². The van der Waals surface area contributed by atoms with Crippen molar-refractivity contribution >= 4 is 5.91 Å². The molecule has 366 valence electrons. The number of hydrogen-bond donors (Lipinski definition) is 3. The van der Waals surface area contributed by atoms with Gasteiger partial charge in [-0.3, -0.25) is 4.79 Å². The average molecular weight is 894 g/mol. The fourth-order valence-corrected chi connectivity index (χ4v) is 7.11. The van der Waals surface area contributed by atoms with Crippen LogP contribution >= 0.6 is 0 Å². The monoisotopic (exact) mass is 894 g/mol. The summed E-state index contributed by atoms with van der Waals surface area (Å²) in [6.07, 6.45) is 86.7. The van der Waals surface area contributed by atoms with Gasteiger partial charge in [0.25, 0.3) is 0 Å². The van der Waals surface area contributed by atoms with Crippen molar-refractivity contribution in [3.05, 3.63) is 146 Å². The highest BCUT2D eigenvalue weighted by Gasteiger charge is 2.19. The molecular weight excluding hydrogens is 795 g/mol. The molecule has 0 rings (SSSR count). The van der Waals surface area contributed by atoms with Crippen molar-refractivity contribution in [1.29, 1.82) is 0 Å². The number of nitrogens with one attached hydrogen (secondary N) is 1. The van der Waals surface area contributed by atoms with E-state index in [1.54, 1.807) is 0 Å². The molecule has 0 saturated carbocycles. The van der Waals surface area contributed by atoms with Crippen LogP contribution in [0.25, 0.3) is 0 Å². The second kappa shape index (κ2) is 54.6. The van der Waals surface area contributed by atoms with E-state index in [0.717, 1.165) is 109 Å². The zero-order valence-corrected chi connectivity index (χ0v) is 41.9. The second-order valence-corrected chi connectivity index (χ2v) is 17.2. The summed E-state index contributed by atoms with van der Waals surface area (Å²) in [6, 6.07) is -0.570. The number of rotatable bonds is 46. The zero-order valence-electron chi connectivity index (χ0n) is 41.9. The Morgan fingerprint density at radius 1 is 0.385 bits per heavy atom. The predicted molar refractivity (Wildman–Crippen MR) is 289 cm³/mol. The average Bonchev–Trinajstić information content (AvgIpc) is 3.31. The molecule has 0 aromatic carbocycles. The fraction of sp³-hybridized carbons (Fsp3) is 0.590. The maximum Gasteiger partial charge on any atom is 0.220 e. The lowest BCUT2D eigenvalue weighted by Crippen LogP contribution is -2.45. The minimum absolute atomic E-state index is 0.0799. The van der Waals surface area contributed by atoms with E-state index in [0.29, 0.717) is 12.8 Å². The van der Waals surface area contributed by atoms with Crippen LogP contribution in [-0.2, 0) is 4.79 Å². The Kier molecular flexibility index (Phi) is 51.5. The summed E-state index contributed by atoms with van der Waals surface area (Å²) in [7, 11) is 0. The lowest BCUT2D eigenvalue weighted by Gasteiger charge is -2.22. The first-order chi connectivity index (χ1) is 32.2.